The van der Waals surface area contributed by atoms with E-state index in [4.69, 9.17) is 17.1 Å². The van der Waals surface area contributed by atoms with Crippen LogP contribution in [-0.2, 0) is 38.4 Å². The Kier molecular flexibility index (Phi) is 11.0. The van der Waals surface area contributed by atoms with E-state index in [1.807, 2.05) is 81.6 Å². The molecule has 5 nitrogen and oxygen atoms in total. The zero-order chi connectivity index (χ0) is 40.0. The first-order valence-corrected chi connectivity index (χ1v) is 22.3. The Bertz CT molecular complexity index is 2670. The molecule has 0 spiro atoms. The van der Waals surface area contributed by atoms with Gasteiger partial charge in [-0.3, -0.25) is 4.98 Å². The first-order chi connectivity index (χ1) is 26.5. The molecule has 55 heavy (non-hydrogen) atoms. The average molecular weight is 921 g/mol. The molecule has 0 aliphatic carbocycles. The number of para-hydroxylation sites is 2. The molecule has 7 heteroatoms. The average Bonchev–Trinajstić information content (AvgIpc) is 3.72. The molecule has 0 N–H and O–H groups in total. The van der Waals surface area contributed by atoms with Crippen molar-refractivity contribution < 1.29 is 27.3 Å². The molecule has 0 amide bonds. The molecule has 0 aliphatic rings. The number of hydrogen-bond donors (Lipinski definition) is 0. The van der Waals surface area contributed by atoms with Crippen LogP contribution in [0.5, 0.6) is 0 Å². The van der Waals surface area contributed by atoms with Gasteiger partial charge in [0.1, 0.15) is 0 Å². The van der Waals surface area contributed by atoms with Gasteiger partial charge in [-0.15, -0.1) is 53.6 Å². The van der Waals surface area contributed by atoms with Crippen molar-refractivity contribution in [3.05, 3.63) is 144 Å². The largest absolute Gasteiger partial charge is 0.486 e. The van der Waals surface area contributed by atoms with Gasteiger partial charge < -0.3 is 14.0 Å². The van der Waals surface area contributed by atoms with Crippen LogP contribution in [0.15, 0.2) is 114 Å². The van der Waals surface area contributed by atoms with Crippen LogP contribution in [0.25, 0.3) is 55.7 Å². The molecule has 4 aromatic carbocycles. The summed E-state index contributed by atoms with van der Waals surface area (Å²) in [6, 6.07) is 41.5. The van der Waals surface area contributed by atoms with Crippen LogP contribution < -0.4 is 5.19 Å². The summed E-state index contributed by atoms with van der Waals surface area (Å²) in [5, 5.41) is 3.15. The van der Waals surface area contributed by atoms with E-state index in [1.54, 1.807) is 0 Å². The van der Waals surface area contributed by atoms with Gasteiger partial charge in [-0.2, -0.15) is 0 Å². The zero-order valence-corrected chi connectivity index (χ0v) is 36.6. The molecular weight excluding hydrogens is 869 g/mol. The minimum absolute atomic E-state index is 0. The second-order valence-corrected chi connectivity index (χ2v) is 21.4. The van der Waals surface area contributed by atoms with Crippen molar-refractivity contribution in [1.29, 1.82) is 0 Å². The van der Waals surface area contributed by atoms with Gasteiger partial charge in [0, 0.05) is 46.7 Å². The molecular formula is C48H50IrN4OSi-2. The minimum Gasteiger partial charge on any atom is -0.486 e. The normalized spacial score (nSPS) is 12.7. The molecule has 4 aromatic heterocycles. The van der Waals surface area contributed by atoms with Gasteiger partial charge in [-0.25, -0.2) is 4.98 Å². The third kappa shape index (κ3) is 8.75. The second kappa shape index (κ2) is 16.2. The number of imidazole rings is 1. The van der Waals surface area contributed by atoms with Crippen molar-refractivity contribution in [1.82, 2.24) is 19.5 Å². The Labute approximate surface area is 343 Å². The van der Waals surface area contributed by atoms with Crippen molar-refractivity contribution in [2.75, 3.05) is 0 Å². The molecule has 0 bridgehead atoms. The molecule has 0 unspecified atom stereocenters. The third-order valence-corrected chi connectivity index (χ3v) is 11.6. The predicted molar refractivity (Wildman–Crippen MR) is 228 cm³/mol. The van der Waals surface area contributed by atoms with E-state index in [0.29, 0.717) is 5.71 Å². The smallest absolute Gasteiger partial charge is 0.216 e. The second-order valence-electron chi connectivity index (χ2n) is 16.4. The van der Waals surface area contributed by atoms with E-state index in [9.17, 15) is 0 Å². The van der Waals surface area contributed by atoms with Gasteiger partial charge in [0.15, 0.2) is 0 Å². The maximum atomic E-state index is 8.69. The summed E-state index contributed by atoms with van der Waals surface area (Å²) in [7, 11) is -1.71. The summed E-state index contributed by atoms with van der Waals surface area (Å²) < 4.78 is 25.9. The monoisotopic (exact) mass is 921 g/mol. The maximum Gasteiger partial charge on any atom is 0.216 e. The molecule has 0 fully saturated rings. The molecule has 1 radical (unpaired) electrons. The van der Waals surface area contributed by atoms with Crippen molar-refractivity contribution in [2.45, 2.75) is 79.5 Å². The van der Waals surface area contributed by atoms with E-state index in [1.165, 1.54) is 11.1 Å². The van der Waals surface area contributed by atoms with E-state index >= 15 is 0 Å². The van der Waals surface area contributed by atoms with E-state index < -0.39 is 14.4 Å². The van der Waals surface area contributed by atoms with Crippen molar-refractivity contribution >= 4 is 46.4 Å². The minimum atomic E-state index is -1.71. The fraction of sp³-hybridized carbons (Fsp3) is 0.271. The number of rotatable bonds is 7. The molecule has 0 aliphatic heterocycles. The molecule has 0 saturated carbocycles. The number of benzene rings is 4. The number of pyridine rings is 2. The third-order valence-electron chi connectivity index (χ3n) is 9.60. The first kappa shape index (κ1) is 37.3. The van der Waals surface area contributed by atoms with Gasteiger partial charge in [0.2, 0.25) is 5.71 Å². The van der Waals surface area contributed by atoms with Crippen LogP contribution in [0.3, 0.4) is 0 Å². The van der Waals surface area contributed by atoms with Gasteiger partial charge in [0.05, 0.1) is 30.5 Å². The van der Waals surface area contributed by atoms with Gasteiger partial charge in [-0.1, -0.05) is 119 Å². The summed E-state index contributed by atoms with van der Waals surface area (Å²) in [6.07, 6.45) is 0.531. The molecule has 0 atom stereocenters. The van der Waals surface area contributed by atoms with Crippen LogP contribution in [0.4, 0.5) is 0 Å². The Balaban J connectivity index is 0.000000192. The van der Waals surface area contributed by atoms with Gasteiger partial charge in [0.25, 0.3) is 0 Å². The Morgan fingerprint density at radius 3 is 2.31 bits per heavy atom. The van der Waals surface area contributed by atoms with E-state index in [0.717, 1.165) is 73.0 Å². The van der Waals surface area contributed by atoms with Crippen molar-refractivity contribution in [2.24, 2.45) is 5.92 Å². The standard InChI is InChI=1S/C26H18N3O.C22H32NSi.Ir/c1-17-14-15-20-19-10-7-11-21(24(19)30-26(20)27-17)25-28-22-12-5-6-13-23(22)29(25)16-18-8-3-2-4-9-18;1-16(2)12-18-14-20(23-15-21(18)24(6,7)8)17-10-9-11-19(13-17)22(3,4)5;/h2-10,12-15H,16H2,1H3;9,11,13-16H,12H2,1-8H3;/q2*-1;/i;12D2;. The fourth-order valence-corrected chi connectivity index (χ4v) is 8.19. The molecule has 8 rings (SSSR count). The zero-order valence-electron chi connectivity index (χ0n) is 35.2. The maximum absolute atomic E-state index is 8.69. The summed E-state index contributed by atoms with van der Waals surface area (Å²) >= 11 is 0. The number of fused-ring (bicyclic) bond motifs is 4. The van der Waals surface area contributed by atoms with Crippen LogP contribution >= 0.6 is 0 Å². The van der Waals surface area contributed by atoms with E-state index in [2.05, 4.69) is 111 Å². The molecule has 4 heterocycles. The SMILES string of the molecule is Cc1ccc2c(n1)oc1c(-c3nc4ccccc4n3Cc3ccccc3)[c-]ccc12.[2H]C([2H])(c1cc(-c2[c-]ccc(C(C)(C)C)c2)ncc1[Si](C)(C)C)C(C)C.[Ir]. The predicted octanol–water partition coefficient (Wildman–Crippen LogP) is 11.7. The Hall–Kier alpha value is -4.68. The van der Waals surface area contributed by atoms with Gasteiger partial charge in [-0.05, 0) is 65.3 Å². The number of nitrogens with zero attached hydrogens (tertiary/aromatic N) is 4. The number of aromatic nitrogens is 4. The summed E-state index contributed by atoms with van der Waals surface area (Å²) in [4.78, 5) is 14.2. The van der Waals surface area contributed by atoms with Crippen LogP contribution in [0.1, 0.15) is 59.7 Å². The fourth-order valence-electron chi connectivity index (χ4n) is 6.78. The van der Waals surface area contributed by atoms with Crippen LogP contribution in [-0.4, -0.2) is 27.6 Å². The van der Waals surface area contributed by atoms with Gasteiger partial charge >= 0.3 is 0 Å². The quantitative estimate of drug-likeness (QED) is 0.118. The summed E-state index contributed by atoms with van der Waals surface area (Å²) in [6.45, 7) is 19.9. The first-order valence-electron chi connectivity index (χ1n) is 19.8. The molecule has 8 aromatic rings. The van der Waals surface area contributed by atoms with Crippen LogP contribution in [0.2, 0.25) is 19.6 Å². The van der Waals surface area contributed by atoms with E-state index in [-0.39, 0.29) is 31.4 Å². The Morgan fingerprint density at radius 1 is 0.855 bits per heavy atom. The summed E-state index contributed by atoms with van der Waals surface area (Å²) in [5.74, 6) is 0.749. The molecule has 283 valence electrons. The number of aryl methyl sites for hydroxylation is 1. The number of hydrogen-bond acceptors (Lipinski definition) is 4. The summed E-state index contributed by atoms with van der Waals surface area (Å²) in [5.41, 5.74) is 10.3. The van der Waals surface area contributed by atoms with Crippen molar-refractivity contribution in [3.8, 4) is 22.6 Å². The number of furan rings is 1. The van der Waals surface area contributed by atoms with Crippen molar-refractivity contribution in [3.63, 3.8) is 0 Å². The molecule has 0 saturated heterocycles. The van der Waals surface area contributed by atoms with Crippen LogP contribution in [0, 0.1) is 25.0 Å². The topological polar surface area (TPSA) is 56.7 Å². The Morgan fingerprint density at radius 2 is 1.58 bits per heavy atom.